The van der Waals surface area contributed by atoms with E-state index >= 15 is 4.79 Å². The number of ether oxygens (including phenoxy) is 1. The zero-order valence-electron chi connectivity index (χ0n) is 49.2. The zero-order chi connectivity index (χ0) is 60.1. The molecule has 12 rings (SSSR count). The number of aromatic hydroxyl groups is 1. The summed E-state index contributed by atoms with van der Waals surface area (Å²) < 4.78 is 6.04. The number of esters is 1. The molecule has 0 amide bonds. The molecule has 17 nitrogen and oxygen atoms in total. The number of Topliss-reactive ketones (excluding diaryl/α,β-unsaturated/α-hetero) is 2. The molecule has 462 valence electrons. The highest BCUT2D eigenvalue weighted by Gasteiger charge is 2.75. The predicted molar refractivity (Wildman–Crippen MR) is 324 cm³/mol. The Morgan fingerprint density at radius 2 is 1.68 bits per heavy atom. The lowest BCUT2D eigenvalue weighted by Crippen LogP contribution is -2.67. The van der Waals surface area contributed by atoms with Crippen LogP contribution in [0, 0.1) is 106 Å². The number of ketones is 2. The molecule has 7 fully saturated rings. The van der Waals surface area contributed by atoms with E-state index in [1.54, 1.807) is 31.2 Å². The van der Waals surface area contributed by atoms with Crippen LogP contribution in [0.15, 0.2) is 70.6 Å². The van der Waals surface area contributed by atoms with Gasteiger partial charge < -0.3 is 67.4 Å². The Hall–Kier alpha value is -4.36. The van der Waals surface area contributed by atoms with Gasteiger partial charge in [-0.15, -0.1) is 5.92 Å². The SMILES string of the molecule is CC1CCC2=CC3CCC4C(C5COC(=O)C5c5cc[nH]c5)C#CCC5CC6(O)C7=C8NC(CO)C(=O)CC(c9ccc(O)cc9)CSSCC9C(O)C(O)CC(C)(C7CCC6(CCN=C(N)N)C5C(C)(O)C(O)CC(CO)C3C4C2C1)C9C8=O. The van der Waals surface area contributed by atoms with Gasteiger partial charge in [0.05, 0.1) is 54.3 Å². The Balaban J connectivity index is 1.04. The first-order valence-corrected chi connectivity index (χ1v) is 34.0. The van der Waals surface area contributed by atoms with Gasteiger partial charge in [-0.25, -0.2) is 0 Å². The van der Waals surface area contributed by atoms with E-state index in [9.17, 15) is 50.4 Å². The summed E-state index contributed by atoms with van der Waals surface area (Å²) in [6, 6.07) is 7.26. The van der Waals surface area contributed by atoms with Crippen LogP contribution >= 0.6 is 21.6 Å². The summed E-state index contributed by atoms with van der Waals surface area (Å²) in [5.41, 5.74) is 9.10. The third kappa shape index (κ3) is 10.2. The fraction of sp³-hybridized carbons (Fsp3) is 0.697. The fourth-order valence-electron chi connectivity index (χ4n) is 20.4. The molecule has 6 bridgehead atoms. The summed E-state index contributed by atoms with van der Waals surface area (Å²) in [4.78, 5) is 52.9. The largest absolute Gasteiger partial charge is 0.508 e. The molecule has 2 aliphatic heterocycles. The normalized spacial score (nSPS) is 45.3. The summed E-state index contributed by atoms with van der Waals surface area (Å²) in [5, 5.41) is 103. The van der Waals surface area contributed by atoms with E-state index in [1.165, 1.54) is 27.2 Å². The van der Waals surface area contributed by atoms with Crippen molar-refractivity contribution in [1.29, 1.82) is 0 Å². The van der Waals surface area contributed by atoms with Gasteiger partial charge in [0.25, 0.3) is 0 Å². The highest BCUT2D eigenvalue weighted by atomic mass is 33.1. The number of aliphatic hydroxyl groups is 7. The Labute approximate surface area is 506 Å². The molecule has 1 aromatic carbocycles. The number of nitrogens with zero attached hydrogens (tertiary/aromatic N) is 1. The molecule has 8 aliphatic carbocycles. The van der Waals surface area contributed by atoms with Crippen molar-refractivity contribution in [3.63, 3.8) is 0 Å². The van der Waals surface area contributed by atoms with Crippen molar-refractivity contribution in [3.8, 4) is 17.6 Å². The molecule has 1 aromatic heterocycles. The number of rotatable bonds is 8. The smallest absolute Gasteiger partial charge is 0.313 e. The van der Waals surface area contributed by atoms with Gasteiger partial charge in [0, 0.05) is 90.8 Å². The average molecular weight is 1210 g/mol. The fourth-order valence-corrected chi connectivity index (χ4v) is 23.2. The molecule has 3 heterocycles. The number of cyclic esters (lactones) is 1. The highest BCUT2D eigenvalue weighted by Crippen LogP contribution is 2.73. The van der Waals surface area contributed by atoms with Gasteiger partial charge in [-0.05, 0) is 171 Å². The lowest BCUT2D eigenvalue weighted by Gasteiger charge is -2.63. The van der Waals surface area contributed by atoms with Crippen LogP contribution in [0.1, 0.15) is 127 Å². The van der Waals surface area contributed by atoms with Crippen molar-refractivity contribution in [2.45, 2.75) is 152 Å². The first-order valence-electron chi connectivity index (χ1n) is 31.5. The van der Waals surface area contributed by atoms with Crippen LogP contribution in [0.3, 0.4) is 0 Å². The molecule has 14 N–H and O–H groups in total. The standard InChI is InChI=1S/C66H89N5O12S2/c1-33-7-8-35-22-36-11-14-43-42(45-30-83-61(80)53(45)38-16-19-69-27-38)6-4-5-37-25-66(82)56-47(15-17-65(66,18-20-70-62(67)68)60(37)64(3,81)51(77)24-39(28-72)52(36)54(43)44(35)21-33)63(2)26-50(76)58(78)46-32-85-84-31-40(34-9-12-41(74)13-10-34)23-49(75)48(29-73)71-57(56)59(79)55(46)63/h9-10,12-13,16,19,22,27,33,36-37,39-40,42-48,50-55,58,60,69,71-74,76-78,81-82H,5,7-8,11,14-15,17-18,20-21,23-26,28-32H2,1-3H3,(H4,67,68,70). The van der Waals surface area contributed by atoms with Gasteiger partial charge in [-0.2, -0.15) is 0 Å². The Kier molecular flexibility index (Phi) is 16.9. The number of aliphatic imine (C=N–C) groups is 1. The van der Waals surface area contributed by atoms with E-state index in [1.807, 2.05) is 25.4 Å². The van der Waals surface area contributed by atoms with Crippen LogP contribution in [-0.4, -0.2) is 143 Å². The monoisotopic (exact) mass is 1210 g/mol. The summed E-state index contributed by atoms with van der Waals surface area (Å²) in [6.07, 6.45) is 7.78. The van der Waals surface area contributed by atoms with Crippen LogP contribution in [-0.2, 0) is 19.1 Å². The molecule has 5 saturated carbocycles. The molecule has 0 radical (unpaired) electrons. The molecule has 24 atom stereocenters. The summed E-state index contributed by atoms with van der Waals surface area (Å²) in [6.45, 7) is 5.18. The van der Waals surface area contributed by atoms with Crippen LogP contribution in [0.2, 0.25) is 0 Å². The van der Waals surface area contributed by atoms with Crippen LogP contribution < -0.4 is 16.8 Å². The molecule has 0 spiro atoms. The number of allylic oxidation sites excluding steroid dienone is 3. The lowest BCUT2D eigenvalue weighted by atomic mass is 9.43. The molecule has 19 heteroatoms. The lowest BCUT2D eigenvalue weighted by molar-refractivity contribution is -0.195. The van der Waals surface area contributed by atoms with E-state index < -0.39 is 100 Å². The van der Waals surface area contributed by atoms with E-state index in [4.69, 9.17) is 16.2 Å². The number of aromatic nitrogens is 1. The van der Waals surface area contributed by atoms with Crippen molar-refractivity contribution in [3.05, 3.63) is 76.8 Å². The topological polar surface area (TPSA) is 315 Å². The van der Waals surface area contributed by atoms with Crippen molar-refractivity contribution in [2.75, 3.05) is 37.9 Å². The van der Waals surface area contributed by atoms with Gasteiger partial charge in [-0.3, -0.25) is 19.4 Å². The minimum atomic E-state index is -2.02. The maximum atomic E-state index is 16.2. The van der Waals surface area contributed by atoms with E-state index in [0.717, 1.165) is 43.2 Å². The Morgan fingerprint density at radius 3 is 2.41 bits per heavy atom. The van der Waals surface area contributed by atoms with E-state index in [-0.39, 0.29) is 147 Å². The van der Waals surface area contributed by atoms with Crippen molar-refractivity contribution >= 4 is 45.1 Å². The highest BCUT2D eigenvalue weighted by molar-refractivity contribution is 8.76. The summed E-state index contributed by atoms with van der Waals surface area (Å²) >= 11 is 0. The molecular formula is C66H89N5O12S2. The Morgan fingerprint density at radius 1 is 0.906 bits per heavy atom. The number of phenolic OH excluding ortho intramolecular Hbond substituents is 1. The Bertz CT molecular complexity index is 3010. The molecule has 2 saturated heterocycles. The van der Waals surface area contributed by atoms with Gasteiger partial charge >= 0.3 is 5.97 Å². The summed E-state index contributed by atoms with van der Waals surface area (Å²) in [5.74, 6) is 1.90. The number of carbonyl (C=O) groups is 3. The van der Waals surface area contributed by atoms with Gasteiger partial charge in [0.15, 0.2) is 17.5 Å². The predicted octanol–water partition coefficient (Wildman–Crippen LogP) is 5.46. The molecule has 10 aliphatic rings. The second-order valence-corrected chi connectivity index (χ2v) is 30.8. The molecule has 2 aromatic rings. The van der Waals surface area contributed by atoms with Crippen LogP contribution in [0.25, 0.3) is 0 Å². The number of nitrogens with one attached hydrogen (secondary N) is 2. The number of hydrogen-bond acceptors (Lipinski definition) is 16. The quantitative estimate of drug-likeness (QED) is 0.0390. The maximum absolute atomic E-state index is 16.2. The third-order valence-electron chi connectivity index (χ3n) is 24.0. The number of guanidine groups is 1. The zero-order valence-corrected chi connectivity index (χ0v) is 50.9. The van der Waals surface area contributed by atoms with Crippen molar-refractivity contribution in [2.24, 2.45) is 110 Å². The number of phenols is 1. The second-order valence-electron chi connectivity index (χ2n) is 28.3. The number of fused-ring (bicyclic) bond motifs is 8. The van der Waals surface area contributed by atoms with E-state index in [2.05, 4.69) is 40.1 Å². The van der Waals surface area contributed by atoms with Crippen LogP contribution in [0.5, 0.6) is 5.75 Å². The van der Waals surface area contributed by atoms with Crippen LogP contribution in [0.4, 0.5) is 0 Å². The number of aromatic amines is 1. The van der Waals surface area contributed by atoms with Crippen molar-refractivity contribution in [1.82, 2.24) is 10.3 Å². The maximum Gasteiger partial charge on any atom is 0.313 e. The number of carbonyl (C=O) groups excluding carboxylic acids is 3. The van der Waals surface area contributed by atoms with Gasteiger partial charge in [0.1, 0.15) is 11.8 Å². The number of H-pyrrole nitrogens is 1. The molecule has 24 unspecified atom stereocenters. The first kappa shape index (κ1) is 60.9. The average Bonchev–Trinajstić information content (AvgIpc) is 1.64. The molecule has 85 heavy (non-hydrogen) atoms. The number of nitrogens with two attached hydrogens (primary N) is 2. The second kappa shape index (κ2) is 23.5. The third-order valence-corrected chi connectivity index (χ3v) is 26.5. The minimum Gasteiger partial charge on any atom is -0.508 e. The number of hydrogen-bond donors (Lipinski definition) is 12. The van der Waals surface area contributed by atoms with Gasteiger partial charge in [-0.1, -0.05) is 65.1 Å². The summed E-state index contributed by atoms with van der Waals surface area (Å²) in [7, 11) is 2.96. The minimum absolute atomic E-state index is 0.00226. The number of aliphatic hydroxyl groups excluding tert-OH is 5. The van der Waals surface area contributed by atoms with Gasteiger partial charge in [0.2, 0.25) is 0 Å². The first-order chi connectivity index (χ1) is 40.6. The van der Waals surface area contributed by atoms with E-state index in [0.29, 0.717) is 23.7 Å². The number of benzene rings is 1. The molecular weight excluding hydrogens is 1120 g/mol. The van der Waals surface area contributed by atoms with Crippen molar-refractivity contribution < 1.29 is 60.0 Å².